The normalized spacial score (nSPS) is 10.2. The number of rotatable bonds is 5. The van der Waals surface area contributed by atoms with E-state index >= 15 is 0 Å². The summed E-state index contributed by atoms with van der Waals surface area (Å²) in [5.74, 6) is -2.75. The van der Waals surface area contributed by atoms with E-state index in [9.17, 15) is 24.1 Å². The summed E-state index contributed by atoms with van der Waals surface area (Å²) in [6.45, 7) is -0.454. The van der Waals surface area contributed by atoms with Crippen LogP contribution >= 0.6 is 0 Å². The van der Waals surface area contributed by atoms with Crippen molar-refractivity contribution in [3.8, 4) is 0 Å². The highest BCUT2D eigenvalue weighted by Gasteiger charge is 2.25. The molecule has 114 valence electrons. The van der Waals surface area contributed by atoms with E-state index < -0.39 is 40.5 Å². The third-order valence-electron chi connectivity index (χ3n) is 2.56. The molecule has 1 aromatic carbocycles. The van der Waals surface area contributed by atoms with Gasteiger partial charge >= 0.3 is 11.7 Å². The first kappa shape index (κ1) is 15.1. The number of amides is 1. The minimum atomic E-state index is -1.57. The standard InChI is InChI=1S/C12H9FN4O5/c13-7-2-1-3-8(4-7)14-10(18)6-16-5-9(17(21)22)11(15-16)12(19)20/h1-5H,6H2,(H,14,18)(H,19,20). The van der Waals surface area contributed by atoms with Crippen molar-refractivity contribution >= 4 is 23.3 Å². The lowest BCUT2D eigenvalue weighted by molar-refractivity contribution is -0.385. The minimum absolute atomic E-state index is 0.199. The highest BCUT2D eigenvalue weighted by molar-refractivity contribution is 5.91. The van der Waals surface area contributed by atoms with Crippen molar-refractivity contribution < 1.29 is 24.0 Å². The van der Waals surface area contributed by atoms with Crippen LogP contribution in [0.4, 0.5) is 15.8 Å². The largest absolute Gasteiger partial charge is 0.476 e. The van der Waals surface area contributed by atoms with Gasteiger partial charge in [-0.25, -0.2) is 9.18 Å². The monoisotopic (exact) mass is 308 g/mol. The van der Waals surface area contributed by atoms with Gasteiger partial charge in [0.2, 0.25) is 11.6 Å². The molecule has 0 bridgehead atoms. The molecular weight excluding hydrogens is 299 g/mol. The Morgan fingerprint density at radius 3 is 2.73 bits per heavy atom. The maximum atomic E-state index is 13.0. The van der Waals surface area contributed by atoms with Gasteiger partial charge in [-0.15, -0.1) is 0 Å². The Balaban J connectivity index is 2.13. The van der Waals surface area contributed by atoms with Crippen LogP contribution in [0.3, 0.4) is 0 Å². The molecule has 0 aliphatic heterocycles. The molecule has 2 N–H and O–H groups in total. The zero-order valence-electron chi connectivity index (χ0n) is 10.9. The molecule has 2 rings (SSSR count). The second-order valence-electron chi connectivity index (χ2n) is 4.18. The molecule has 0 radical (unpaired) electrons. The Morgan fingerprint density at radius 2 is 2.18 bits per heavy atom. The van der Waals surface area contributed by atoms with Crippen LogP contribution in [0.15, 0.2) is 30.5 Å². The van der Waals surface area contributed by atoms with E-state index in [1.54, 1.807) is 0 Å². The summed E-state index contributed by atoms with van der Waals surface area (Å²) in [5.41, 5.74) is -1.28. The number of halogens is 1. The van der Waals surface area contributed by atoms with E-state index in [4.69, 9.17) is 5.11 Å². The first-order valence-electron chi connectivity index (χ1n) is 5.87. The molecule has 0 spiro atoms. The fourth-order valence-electron chi connectivity index (χ4n) is 1.69. The maximum absolute atomic E-state index is 13.0. The van der Waals surface area contributed by atoms with Crippen LogP contribution in [0.2, 0.25) is 0 Å². The zero-order valence-corrected chi connectivity index (χ0v) is 10.9. The molecule has 0 aliphatic carbocycles. The average molecular weight is 308 g/mol. The number of hydrogen-bond donors (Lipinski definition) is 2. The van der Waals surface area contributed by atoms with Crippen LogP contribution in [-0.4, -0.2) is 31.7 Å². The Morgan fingerprint density at radius 1 is 1.45 bits per heavy atom. The number of nitrogens with zero attached hydrogens (tertiary/aromatic N) is 3. The number of carboxylic acid groups (broad SMARTS) is 1. The van der Waals surface area contributed by atoms with Crippen molar-refractivity contribution in [2.75, 3.05) is 5.32 Å². The van der Waals surface area contributed by atoms with Gasteiger partial charge in [-0.1, -0.05) is 6.07 Å². The number of anilines is 1. The van der Waals surface area contributed by atoms with Crippen molar-refractivity contribution in [1.29, 1.82) is 0 Å². The first-order valence-corrected chi connectivity index (χ1v) is 5.87. The lowest BCUT2D eigenvalue weighted by Gasteiger charge is -2.04. The third-order valence-corrected chi connectivity index (χ3v) is 2.56. The molecule has 1 aromatic heterocycles. The number of benzene rings is 1. The third kappa shape index (κ3) is 3.42. The lowest BCUT2D eigenvalue weighted by Crippen LogP contribution is -2.19. The van der Waals surface area contributed by atoms with Gasteiger partial charge in [0.05, 0.1) is 4.92 Å². The Labute approximate surface area is 122 Å². The quantitative estimate of drug-likeness (QED) is 0.632. The molecule has 0 aliphatic rings. The van der Waals surface area contributed by atoms with Gasteiger partial charge in [0.15, 0.2) is 0 Å². The molecular formula is C12H9FN4O5. The van der Waals surface area contributed by atoms with E-state index in [-0.39, 0.29) is 5.69 Å². The zero-order chi connectivity index (χ0) is 16.3. The summed E-state index contributed by atoms with van der Waals surface area (Å²) in [4.78, 5) is 32.4. The summed E-state index contributed by atoms with van der Waals surface area (Å²) < 4.78 is 13.8. The minimum Gasteiger partial charge on any atom is -0.476 e. The molecule has 1 heterocycles. The summed E-state index contributed by atoms with van der Waals surface area (Å²) in [6.07, 6.45) is 0.842. The van der Waals surface area contributed by atoms with Crippen LogP contribution in [-0.2, 0) is 11.3 Å². The molecule has 9 nitrogen and oxygen atoms in total. The predicted octanol–water partition coefficient (Wildman–Crippen LogP) is 1.27. The molecule has 0 unspecified atom stereocenters. The Hall–Kier alpha value is -3.30. The highest BCUT2D eigenvalue weighted by atomic mass is 19.1. The molecule has 2 aromatic rings. The number of carboxylic acids is 1. The lowest BCUT2D eigenvalue weighted by atomic mass is 10.3. The maximum Gasteiger partial charge on any atom is 0.363 e. The van der Waals surface area contributed by atoms with Crippen LogP contribution < -0.4 is 5.32 Å². The van der Waals surface area contributed by atoms with Crippen LogP contribution in [0.25, 0.3) is 0 Å². The fourth-order valence-corrected chi connectivity index (χ4v) is 1.69. The first-order chi connectivity index (χ1) is 10.4. The van der Waals surface area contributed by atoms with Gasteiger partial charge < -0.3 is 10.4 Å². The Bertz CT molecular complexity index is 726. The number of carbonyl (C=O) groups excluding carboxylic acids is 1. The van der Waals surface area contributed by atoms with E-state index in [0.717, 1.165) is 16.9 Å². The van der Waals surface area contributed by atoms with E-state index in [1.165, 1.54) is 18.2 Å². The highest BCUT2D eigenvalue weighted by Crippen LogP contribution is 2.16. The molecule has 1 amide bonds. The molecule has 0 atom stereocenters. The topological polar surface area (TPSA) is 127 Å². The number of hydrogen-bond acceptors (Lipinski definition) is 5. The number of nitro groups is 1. The molecule has 22 heavy (non-hydrogen) atoms. The average Bonchev–Trinajstić information content (AvgIpc) is 2.82. The summed E-state index contributed by atoms with van der Waals surface area (Å²) in [7, 11) is 0. The number of aromatic carboxylic acids is 1. The van der Waals surface area contributed by atoms with Crippen molar-refractivity contribution in [3.05, 3.63) is 52.1 Å². The SMILES string of the molecule is O=C(Cn1cc([N+](=O)[O-])c(C(=O)O)n1)Nc1cccc(F)c1. The second kappa shape index (κ2) is 5.99. The van der Waals surface area contributed by atoms with Crippen LogP contribution in [0.1, 0.15) is 10.5 Å². The summed E-state index contributed by atoms with van der Waals surface area (Å²) >= 11 is 0. The van der Waals surface area contributed by atoms with E-state index in [2.05, 4.69) is 10.4 Å². The van der Waals surface area contributed by atoms with Gasteiger partial charge in [0.25, 0.3) is 0 Å². The van der Waals surface area contributed by atoms with Gasteiger partial charge in [0, 0.05) is 5.69 Å². The smallest absolute Gasteiger partial charge is 0.363 e. The van der Waals surface area contributed by atoms with Gasteiger partial charge in [-0.05, 0) is 18.2 Å². The van der Waals surface area contributed by atoms with Crippen molar-refractivity contribution in [1.82, 2.24) is 9.78 Å². The van der Waals surface area contributed by atoms with Gasteiger partial charge in [-0.2, -0.15) is 5.10 Å². The van der Waals surface area contributed by atoms with Crippen molar-refractivity contribution in [3.63, 3.8) is 0 Å². The summed E-state index contributed by atoms with van der Waals surface area (Å²) in [5, 5.41) is 25.3. The number of aromatic nitrogens is 2. The summed E-state index contributed by atoms with van der Waals surface area (Å²) in [6, 6.07) is 5.14. The van der Waals surface area contributed by atoms with Crippen LogP contribution in [0.5, 0.6) is 0 Å². The fraction of sp³-hybridized carbons (Fsp3) is 0.0833. The molecule has 0 fully saturated rings. The molecule has 10 heteroatoms. The molecule has 0 saturated carbocycles. The van der Waals surface area contributed by atoms with Crippen molar-refractivity contribution in [2.24, 2.45) is 0 Å². The Kier molecular flexibility index (Phi) is 4.11. The van der Waals surface area contributed by atoms with Crippen LogP contribution in [0, 0.1) is 15.9 Å². The predicted molar refractivity (Wildman–Crippen MR) is 70.9 cm³/mol. The van der Waals surface area contributed by atoms with Gasteiger partial charge in [-0.3, -0.25) is 19.6 Å². The second-order valence-corrected chi connectivity index (χ2v) is 4.18. The van der Waals surface area contributed by atoms with E-state index in [0.29, 0.717) is 0 Å². The van der Waals surface area contributed by atoms with Gasteiger partial charge in [0.1, 0.15) is 18.6 Å². The van der Waals surface area contributed by atoms with Crippen molar-refractivity contribution in [2.45, 2.75) is 6.54 Å². The van der Waals surface area contributed by atoms with E-state index in [1.807, 2.05) is 0 Å². The number of carbonyl (C=O) groups is 2. The molecule has 0 saturated heterocycles. The number of nitrogens with one attached hydrogen (secondary N) is 1.